The Balaban J connectivity index is 1.36. The molecule has 0 spiro atoms. The number of rotatable bonds is 7. The van der Waals surface area contributed by atoms with Gasteiger partial charge in [0, 0.05) is 41.5 Å². The lowest BCUT2D eigenvalue weighted by atomic mass is 9.85. The summed E-state index contributed by atoms with van der Waals surface area (Å²) < 4.78 is 1.84. The molecule has 38 heavy (non-hydrogen) atoms. The predicted octanol–water partition coefficient (Wildman–Crippen LogP) is 5.38. The van der Waals surface area contributed by atoms with Crippen LogP contribution in [0.1, 0.15) is 107 Å². The van der Waals surface area contributed by atoms with Gasteiger partial charge in [-0.3, -0.25) is 0 Å². The standard InChI is InChI=1S/C29H38N8O/c1-4-17(7-10-22(16(2)3)27-32-11-12-33-27)23-15-34-37-26(30)24(18-5-6-18)25(35-28(23)37)19-13-20-8-9-21(14-19)36(20)29(31)38/h4,11-12,15,18-21H,5-10,13-14,30H2,1-3H3,(H2,31,38)(H,32,33)/b17-4+. The van der Waals surface area contributed by atoms with Crippen molar-refractivity contribution in [3.05, 3.63) is 52.9 Å². The monoisotopic (exact) mass is 514 g/mol. The van der Waals surface area contributed by atoms with E-state index in [4.69, 9.17) is 21.5 Å². The summed E-state index contributed by atoms with van der Waals surface area (Å²) in [7, 11) is 0. The van der Waals surface area contributed by atoms with Gasteiger partial charge in [-0.1, -0.05) is 11.6 Å². The Morgan fingerprint density at radius 2 is 1.87 bits per heavy atom. The first-order chi connectivity index (χ1) is 18.4. The van der Waals surface area contributed by atoms with Crippen molar-refractivity contribution in [1.29, 1.82) is 0 Å². The van der Waals surface area contributed by atoms with E-state index in [1.165, 1.54) is 22.3 Å². The molecule has 2 saturated heterocycles. The van der Waals surface area contributed by atoms with Crippen molar-refractivity contribution in [3.63, 3.8) is 0 Å². The van der Waals surface area contributed by atoms with Crippen molar-refractivity contribution in [3.8, 4) is 0 Å². The van der Waals surface area contributed by atoms with Crippen LogP contribution in [-0.4, -0.2) is 47.6 Å². The summed E-state index contributed by atoms with van der Waals surface area (Å²) in [5.41, 5.74) is 20.4. The van der Waals surface area contributed by atoms with Gasteiger partial charge >= 0.3 is 6.03 Å². The van der Waals surface area contributed by atoms with Gasteiger partial charge in [0.05, 0.1) is 11.9 Å². The van der Waals surface area contributed by atoms with E-state index in [0.29, 0.717) is 5.92 Å². The molecule has 2 unspecified atom stereocenters. The van der Waals surface area contributed by atoms with Crippen molar-refractivity contribution in [2.75, 3.05) is 5.73 Å². The lowest BCUT2D eigenvalue weighted by Gasteiger charge is -2.38. The first kappa shape index (κ1) is 24.7. The van der Waals surface area contributed by atoms with Crippen LogP contribution in [0.2, 0.25) is 0 Å². The number of hydrogen-bond acceptors (Lipinski definition) is 5. The average Bonchev–Trinajstić information content (AvgIpc) is 3.28. The van der Waals surface area contributed by atoms with E-state index in [2.05, 4.69) is 36.8 Å². The van der Waals surface area contributed by atoms with Gasteiger partial charge in [0.15, 0.2) is 5.65 Å². The van der Waals surface area contributed by atoms with Gasteiger partial charge in [0.25, 0.3) is 0 Å². The van der Waals surface area contributed by atoms with Gasteiger partial charge in [-0.15, -0.1) is 0 Å². The minimum absolute atomic E-state index is 0.196. The smallest absolute Gasteiger partial charge is 0.315 e. The molecule has 3 aromatic rings. The second-order valence-corrected chi connectivity index (χ2v) is 11.4. The molecule has 2 aliphatic heterocycles. The fraction of sp³-hybridized carbons (Fsp3) is 0.517. The lowest BCUT2D eigenvalue weighted by molar-refractivity contribution is 0.145. The number of hydrogen-bond donors (Lipinski definition) is 3. The molecule has 3 aliphatic rings. The molecule has 1 aliphatic carbocycles. The minimum atomic E-state index is -0.289. The van der Waals surface area contributed by atoms with Crippen LogP contribution in [0.25, 0.3) is 16.8 Å². The van der Waals surface area contributed by atoms with Crippen LogP contribution in [-0.2, 0) is 0 Å². The number of imidazole rings is 1. The molecule has 0 radical (unpaired) electrons. The number of carbonyl (C=O) groups is 1. The van der Waals surface area contributed by atoms with E-state index in [9.17, 15) is 4.79 Å². The molecular weight excluding hydrogens is 476 g/mol. The van der Waals surface area contributed by atoms with Crippen LogP contribution in [0.15, 0.2) is 30.2 Å². The molecule has 2 atom stereocenters. The summed E-state index contributed by atoms with van der Waals surface area (Å²) in [6.45, 7) is 6.34. The van der Waals surface area contributed by atoms with E-state index in [0.717, 1.165) is 79.9 Å². The number of carbonyl (C=O) groups excluding carboxylic acids is 1. The topological polar surface area (TPSA) is 131 Å². The predicted molar refractivity (Wildman–Crippen MR) is 149 cm³/mol. The molecule has 3 aromatic heterocycles. The van der Waals surface area contributed by atoms with Gasteiger partial charge in [-0.2, -0.15) is 9.61 Å². The number of nitrogens with two attached hydrogens (primary N) is 2. The Kier molecular flexibility index (Phi) is 6.24. The van der Waals surface area contributed by atoms with Crippen molar-refractivity contribution >= 4 is 28.6 Å². The molecule has 5 N–H and O–H groups in total. The maximum absolute atomic E-state index is 12.1. The molecule has 2 bridgehead atoms. The summed E-state index contributed by atoms with van der Waals surface area (Å²) >= 11 is 0. The summed E-state index contributed by atoms with van der Waals surface area (Å²) in [5.74, 6) is 2.38. The number of nitrogens with zero attached hydrogens (tertiary/aromatic N) is 5. The van der Waals surface area contributed by atoms with E-state index in [1.54, 1.807) is 6.20 Å². The summed E-state index contributed by atoms with van der Waals surface area (Å²) in [6.07, 6.45) is 15.6. The quantitative estimate of drug-likeness (QED) is 0.390. The molecule has 2 amide bonds. The number of amides is 2. The molecule has 200 valence electrons. The molecule has 1 saturated carbocycles. The Morgan fingerprint density at radius 3 is 2.45 bits per heavy atom. The number of aromatic nitrogens is 5. The summed E-state index contributed by atoms with van der Waals surface area (Å²) in [6, 6.07) is 0.103. The van der Waals surface area contributed by atoms with E-state index in [1.807, 2.05) is 21.8 Å². The highest BCUT2D eigenvalue weighted by atomic mass is 16.2. The Morgan fingerprint density at radius 1 is 1.13 bits per heavy atom. The number of aromatic amines is 1. The van der Waals surface area contributed by atoms with Crippen LogP contribution < -0.4 is 11.5 Å². The second-order valence-electron chi connectivity index (χ2n) is 11.4. The van der Waals surface area contributed by atoms with E-state index >= 15 is 0 Å². The maximum atomic E-state index is 12.1. The van der Waals surface area contributed by atoms with Crippen molar-refractivity contribution < 1.29 is 4.79 Å². The molecule has 9 nitrogen and oxygen atoms in total. The number of nitrogens with one attached hydrogen (secondary N) is 1. The van der Waals surface area contributed by atoms with Crippen LogP contribution in [0.3, 0.4) is 0 Å². The second kappa shape index (κ2) is 9.60. The third-order valence-electron chi connectivity index (χ3n) is 8.84. The average molecular weight is 515 g/mol. The van der Waals surface area contributed by atoms with Crippen molar-refractivity contribution in [2.24, 2.45) is 5.73 Å². The number of fused-ring (bicyclic) bond motifs is 3. The molecule has 5 heterocycles. The first-order valence-electron chi connectivity index (χ1n) is 13.9. The number of H-pyrrole nitrogens is 1. The number of nitrogen functional groups attached to an aromatic ring is 1. The minimum Gasteiger partial charge on any atom is -0.383 e. The normalized spacial score (nSPS) is 23.3. The van der Waals surface area contributed by atoms with Crippen molar-refractivity contribution in [2.45, 2.75) is 96.1 Å². The van der Waals surface area contributed by atoms with Crippen LogP contribution in [0.5, 0.6) is 0 Å². The van der Waals surface area contributed by atoms with Gasteiger partial charge in [0.2, 0.25) is 0 Å². The Labute approximate surface area is 223 Å². The molecule has 3 fully saturated rings. The molecule has 6 rings (SSSR count). The van der Waals surface area contributed by atoms with Crippen LogP contribution in [0.4, 0.5) is 10.6 Å². The third kappa shape index (κ3) is 4.18. The maximum Gasteiger partial charge on any atom is 0.315 e. The van der Waals surface area contributed by atoms with Gasteiger partial charge in [-0.25, -0.2) is 14.8 Å². The Hall–Kier alpha value is -3.62. The van der Waals surface area contributed by atoms with Crippen LogP contribution in [0, 0.1) is 0 Å². The number of urea groups is 1. The zero-order valence-electron chi connectivity index (χ0n) is 22.6. The highest BCUT2D eigenvalue weighted by molar-refractivity contribution is 5.78. The SMILES string of the molecule is C/C=C(\CCC(=C(C)C)c1ncc[nH]1)c1cnn2c(N)c(C3CC3)c(C3CC4CCC(C3)N4C(N)=O)nc12. The highest BCUT2D eigenvalue weighted by Gasteiger charge is 2.45. The van der Waals surface area contributed by atoms with E-state index < -0.39 is 0 Å². The number of anilines is 1. The summed E-state index contributed by atoms with van der Waals surface area (Å²) in [5, 5.41) is 4.72. The lowest BCUT2D eigenvalue weighted by Crippen LogP contribution is -2.48. The molecule has 9 heteroatoms. The zero-order valence-corrected chi connectivity index (χ0v) is 22.6. The third-order valence-corrected chi connectivity index (χ3v) is 8.84. The number of primary amides is 1. The van der Waals surface area contributed by atoms with Crippen molar-refractivity contribution in [1.82, 2.24) is 29.5 Å². The van der Waals surface area contributed by atoms with Gasteiger partial charge in [0.1, 0.15) is 11.6 Å². The first-order valence-corrected chi connectivity index (χ1v) is 13.9. The Bertz CT molecular complexity index is 1410. The summed E-state index contributed by atoms with van der Waals surface area (Å²) in [4.78, 5) is 27.1. The highest BCUT2D eigenvalue weighted by Crippen LogP contribution is 2.50. The zero-order chi connectivity index (χ0) is 26.6. The molecule has 0 aromatic carbocycles. The van der Waals surface area contributed by atoms with E-state index in [-0.39, 0.29) is 24.0 Å². The van der Waals surface area contributed by atoms with Gasteiger partial charge < -0.3 is 21.4 Å². The van der Waals surface area contributed by atoms with Gasteiger partial charge in [-0.05, 0) is 89.2 Å². The van der Waals surface area contributed by atoms with Crippen LogP contribution >= 0.6 is 0 Å². The fourth-order valence-corrected chi connectivity index (χ4v) is 6.86. The fourth-order valence-electron chi connectivity index (χ4n) is 6.86. The largest absolute Gasteiger partial charge is 0.383 e. The molecular formula is C29H38N8O. The number of allylic oxidation sites excluding steroid dienone is 4. The number of piperidine rings is 1.